The highest BCUT2D eigenvalue weighted by Crippen LogP contribution is 2.28. The number of amides is 1. The lowest BCUT2D eigenvalue weighted by molar-refractivity contribution is -0.149. The van der Waals surface area contributed by atoms with Gasteiger partial charge in [0, 0.05) is 30.1 Å². The molecule has 0 aliphatic carbocycles. The molecule has 3 aromatic rings. The van der Waals surface area contributed by atoms with Gasteiger partial charge in [-0.2, -0.15) is 5.10 Å². The molecule has 0 spiro atoms. The molecule has 1 amide bonds. The van der Waals surface area contributed by atoms with Gasteiger partial charge in [0.1, 0.15) is 0 Å². The highest BCUT2D eigenvalue weighted by atomic mass is 16.5. The fourth-order valence-corrected chi connectivity index (χ4v) is 3.54. The van der Waals surface area contributed by atoms with Crippen molar-refractivity contribution in [2.75, 3.05) is 11.4 Å². The van der Waals surface area contributed by atoms with Gasteiger partial charge in [0.2, 0.25) is 0 Å². The fourth-order valence-electron chi connectivity index (χ4n) is 3.54. The average Bonchev–Trinajstić information content (AvgIpc) is 3.39. The molecule has 152 valence electrons. The Hall–Kier alpha value is -3.67. The molecule has 1 atom stereocenters. The van der Waals surface area contributed by atoms with E-state index in [1.54, 1.807) is 28.8 Å². The molecule has 1 aromatic heterocycles. The molecule has 1 aliphatic heterocycles. The van der Waals surface area contributed by atoms with Crippen LogP contribution < -0.4 is 4.90 Å². The van der Waals surface area contributed by atoms with Gasteiger partial charge >= 0.3 is 5.97 Å². The number of hydrogen-bond acceptors (Lipinski definition) is 4. The van der Waals surface area contributed by atoms with Crippen molar-refractivity contribution in [1.82, 2.24) is 9.78 Å². The average molecular weight is 401 g/mol. The first-order chi connectivity index (χ1) is 14.6. The zero-order chi connectivity index (χ0) is 20.9. The van der Waals surface area contributed by atoms with Crippen LogP contribution in [0.4, 0.5) is 5.69 Å². The number of rotatable bonds is 6. The van der Waals surface area contributed by atoms with E-state index in [2.05, 4.69) is 5.10 Å². The molecule has 30 heavy (non-hydrogen) atoms. The number of aromatic nitrogens is 2. The second-order valence-electron chi connectivity index (χ2n) is 7.24. The van der Waals surface area contributed by atoms with Crippen LogP contribution in [0.2, 0.25) is 0 Å². The maximum Gasteiger partial charge on any atom is 0.331 e. The summed E-state index contributed by atoms with van der Waals surface area (Å²) in [5.74, 6) is -0.767. The Bertz CT molecular complexity index is 1070. The summed E-state index contributed by atoms with van der Waals surface area (Å²) >= 11 is 0. The van der Waals surface area contributed by atoms with Crippen molar-refractivity contribution in [3.05, 3.63) is 89.8 Å². The van der Waals surface area contributed by atoms with E-state index < -0.39 is 12.1 Å². The SMILES string of the molecule is C[C@H](OC(=O)/C=C/c1cnn(Cc2ccccc2)c1)C(=O)N1CCc2ccccc21. The number of ether oxygens (including phenoxy) is 1. The van der Waals surface area contributed by atoms with Crippen molar-refractivity contribution >= 4 is 23.6 Å². The Kier molecular flexibility index (Phi) is 5.75. The summed E-state index contributed by atoms with van der Waals surface area (Å²) in [5, 5.41) is 4.30. The van der Waals surface area contributed by atoms with E-state index in [9.17, 15) is 9.59 Å². The van der Waals surface area contributed by atoms with E-state index in [1.807, 2.05) is 60.8 Å². The molecule has 6 heteroatoms. The quantitative estimate of drug-likeness (QED) is 0.469. The maximum absolute atomic E-state index is 12.7. The highest BCUT2D eigenvalue weighted by molar-refractivity contribution is 6.00. The minimum Gasteiger partial charge on any atom is -0.449 e. The minimum absolute atomic E-state index is 0.211. The van der Waals surface area contributed by atoms with Crippen molar-refractivity contribution in [1.29, 1.82) is 0 Å². The van der Waals surface area contributed by atoms with E-state index in [0.29, 0.717) is 13.1 Å². The lowest BCUT2D eigenvalue weighted by Crippen LogP contribution is -2.38. The second-order valence-corrected chi connectivity index (χ2v) is 7.24. The van der Waals surface area contributed by atoms with Gasteiger partial charge in [-0.05, 0) is 36.6 Å². The van der Waals surface area contributed by atoms with Gasteiger partial charge in [0.15, 0.2) is 6.10 Å². The molecular formula is C24H23N3O3. The smallest absolute Gasteiger partial charge is 0.331 e. The molecule has 2 heterocycles. The molecule has 0 N–H and O–H groups in total. The van der Waals surface area contributed by atoms with Gasteiger partial charge in [-0.3, -0.25) is 9.48 Å². The van der Waals surface area contributed by atoms with Crippen molar-refractivity contribution < 1.29 is 14.3 Å². The number of nitrogens with zero attached hydrogens (tertiary/aromatic N) is 3. The van der Waals surface area contributed by atoms with Crippen molar-refractivity contribution in [3.8, 4) is 0 Å². The second kappa shape index (κ2) is 8.78. The normalized spacial score (nSPS) is 14.0. The number of carbonyl (C=O) groups excluding carboxylic acids is 2. The number of carbonyl (C=O) groups is 2. The third kappa shape index (κ3) is 4.49. The van der Waals surface area contributed by atoms with Crippen LogP contribution in [0.1, 0.15) is 23.6 Å². The fraction of sp³-hybridized carbons (Fsp3) is 0.208. The van der Waals surface area contributed by atoms with Crippen LogP contribution in [-0.2, 0) is 27.3 Å². The third-order valence-electron chi connectivity index (χ3n) is 5.05. The number of fused-ring (bicyclic) bond motifs is 1. The predicted octanol–water partition coefficient (Wildman–Crippen LogP) is 3.47. The van der Waals surface area contributed by atoms with E-state index in [4.69, 9.17) is 4.74 Å². The van der Waals surface area contributed by atoms with Crippen LogP contribution in [0.5, 0.6) is 0 Å². The molecule has 0 radical (unpaired) electrons. The number of para-hydroxylation sites is 1. The first-order valence-corrected chi connectivity index (χ1v) is 9.94. The molecular weight excluding hydrogens is 378 g/mol. The molecule has 0 fully saturated rings. The molecule has 0 saturated heterocycles. The standard InChI is InChI=1S/C24H23N3O3/c1-18(24(29)27-14-13-21-9-5-6-10-22(21)27)30-23(28)12-11-20-15-25-26(17-20)16-19-7-3-2-4-8-19/h2-12,15,17-18H,13-14,16H2,1H3/b12-11+/t18-/m0/s1. The van der Waals surface area contributed by atoms with E-state index in [1.165, 1.54) is 6.08 Å². The van der Waals surface area contributed by atoms with Crippen LogP contribution in [0.25, 0.3) is 6.08 Å². The Morgan fingerprint density at radius 3 is 2.73 bits per heavy atom. The first kappa shape index (κ1) is 19.6. The largest absolute Gasteiger partial charge is 0.449 e. The van der Waals surface area contributed by atoms with E-state index in [0.717, 1.165) is 28.8 Å². The molecule has 0 saturated carbocycles. The molecule has 6 nitrogen and oxygen atoms in total. The molecule has 0 unspecified atom stereocenters. The first-order valence-electron chi connectivity index (χ1n) is 9.94. The maximum atomic E-state index is 12.7. The monoisotopic (exact) mass is 401 g/mol. The van der Waals surface area contributed by atoms with Crippen LogP contribution in [0.15, 0.2) is 73.1 Å². The molecule has 2 aromatic carbocycles. The Balaban J connectivity index is 1.32. The van der Waals surface area contributed by atoms with Gasteiger partial charge < -0.3 is 9.64 Å². The van der Waals surface area contributed by atoms with E-state index in [-0.39, 0.29) is 5.91 Å². The summed E-state index contributed by atoms with van der Waals surface area (Å²) in [6.45, 7) is 2.87. The Morgan fingerprint density at radius 2 is 1.90 bits per heavy atom. The molecule has 0 bridgehead atoms. The van der Waals surface area contributed by atoms with Gasteiger partial charge in [-0.1, -0.05) is 48.5 Å². The zero-order valence-electron chi connectivity index (χ0n) is 16.8. The van der Waals surface area contributed by atoms with Crippen LogP contribution in [0, 0.1) is 0 Å². The number of hydrogen-bond donors (Lipinski definition) is 0. The van der Waals surface area contributed by atoms with Crippen LogP contribution >= 0.6 is 0 Å². The van der Waals surface area contributed by atoms with Crippen molar-refractivity contribution in [2.24, 2.45) is 0 Å². The summed E-state index contributed by atoms with van der Waals surface area (Å²) < 4.78 is 7.12. The van der Waals surface area contributed by atoms with E-state index >= 15 is 0 Å². The number of esters is 1. The van der Waals surface area contributed by atoms with Gasteiger partial charge in [-0.25, -0.2) is 4.79 Å². The Labute approximate surface area is 175 Å². The predicted molar refractivity (Wildman–Crippen MR) is 115 cm³/mol. The topological polar surface area (TPSA) is 64.4 Å². The summed E-state index contributed by atoms with van der Waals surface area (Å²) in [6, 6.07) is 17.8. The number of benzene rings is 2. The lowest BCUT2D eigenvalue weighted by Gasteiger charge is -2.21. The molecule has 4 rings (SSSR count). The highest BCUT2D eigenvalue weighted by Gasteiger charge is 2.29. The summed E-state index contributed by atoms with van der Waals surface area (Å²) in [7, 11) is 0. The van der Waals surface area contributed by atoms with Gasteiger partial charge in [0.05, 0.1) is 12.7 Å². The zero-order valence-corrected chi connectivity index (χ0v) is 16.8. The minimum atomic E-state index is -0.853. The van der Waals surface area contributed by atoms with Gasteiger partial charge in [-0.15, -0.1) is 0 Å². The van der Waals surface area contributed by atoms with Gasteiger partial charge in [0.25, 0.3) is 5.91 Å². The summed E-state index contributed by atoms with van der Waals surface area (Å²) in [6.07, 6.45) is 6.46. The molecule has 1 aliphatic rings. The van der Waals surface area contributed by atoms with Crippen LogP contribution in [0.3, 0.4) is 0 Å². The third-order valence-corrected chi connectivity index (χ3v) is 5.05. The summed E-state index contributed by atoms with van der Waals surface area (Å²) in [5.41, 5.74) is 3.96. The van der Waals surface area contributed by atoms with Crippen molar-refractivity contribution in [3.63, 3.8) is 0 Å². The Morgan fingerprint density at radius 1 is 1.13 bits per heavy atom. The number of anilines is 1. The summed E-state index contributed by atoms with van der Waals surface area (Å²) in [4.78, 5) is 26.6. The van der Waals surface area contributed by atoms with Crippen LogP contribution in [-0.4, -0.2) is 34.3 Å². The van der Waals surface area contributed by atoms with Crippen molar-refractivity contribution in [2.45, 2.75) is 26.0 Å². The lowest BCUT2D eigenvalue weighted by atomic mass is 10.2.